The first-order valence-electron chi connectivity index (χ1n) is 5.31. The first-order chi connectivity index (χ1) is 7.34. The van der Waals surface area contributed by atoms with Crippen molar-refractivity contribution in [1.82, 2.24) is 14.8 Å². The Labute approximate surface area is 88.8 Å². The molecule has 2 aromatic heterocycles. The molecule has 0 amide bonds. The molecule has 3 nitrogen and oxygen atoms in total. The van der Waals surface area contributed by atoms with Crippen LogP contribution in [0.3, 0.4) is 0 Å². The minimum absolute atomic E-state index is 0.769. The fourth-order valence-corrected chi connectivity index (χ4v) is 1.79. The largest absolute Gasteiger partial charge is 0.237 e. The van der Waals surface area contributed by atoms with E-state index in [1.54, 1.807) is 6.20 Å². The van der Waals surface area contributed by atoms with E-state index in [1.807, 2.05) is 29.9 Å². The highest BCUT2D eigenvalue weighted by molar-refractivity contribution is 5.29. The molecule has 3 heteroatoms. The van der Waals surface area contributed by atoms with Gasteiger partial charge in [0.15, 0.2) is 5.82 Å². The molecule has 2 heterocycles. The van der Waals surface area contributed by atoms with Crippen LogP contribution in [0.4, 0.5) is 0 Å². The Morgan fingerprint density at radius 1 is 1.27 bits per heavy atom. The Morgan fingerprint density at radius 2 is 2.13 bits per heavy atom. The van der Waals surface area contributed by atoms with Gasteiger partial charge < -0.3 is 0 Å². The molecule has 0 aromatic carbocycles. The highest BCUT2D eigenvalue weighted by Gasteiger charge is 2.23. The van der Waals surface area contributed by atoms with E-state index >= 15 is 0 Å². The lowest BCUT2D eigenvalue weighted by Gasteiger charge is -2.04. The summed E-state index contributed by atoms with van der Waals surface area (Å²) >= 11 is 0. The normalized spacial score (nSPS) is 15.5. The number of pyridine rings is 1. The van der Waals surface area contributed by atoms with E-state index < -0.39 is 0 Å². The molecule has 0 bridgehead atoms. The van der Waals surface area contributed by atoms with Crippen LogP contribution in [0.15, 0.2) is 30.6 Å². The zero-order chi connectivity index (χ0) is 10.3. The van der Waals surface area contributed by atoms with Gasteiger partial charge in [-0.2, -0.15) is 5.10 Å². The third kappa shape index (κ3) is 1.54. The Bertz CT molecular complexity index is 466. The summed E-state index contributed by atoms with van der Waals surface area (Å²) in [5, 5.41) is 4.23. The topological polar surface area (TPSA) is 30.7 Å². The van der Waals surface area contributed by atoms with Crippen molar-refractivity contribution in [2.45, 2.75) is 25.7 Å². The highest BCUT2D eigenvalue weighted by Crippen LogP contribution is 2.39. The van der Waals surface area contributed by atoms with Gasteiger partial charge in [-0.3, -0.25) is 0 Å². The molecule has 1 aliphatic rings. The number of rotatable bonds is 2. The van der Waals surface area contributed by atoms with E-state index in [1.165, 1.54) is 18.4 Å². The minimum Gasteiger partial charge on any atom is -0.237 e. The van der Waals surface area contributed by atoms with E-state index in [4.69, 9.17) is 0 Å². The maximum Gasteiger partial charge on any atom is 0.153 e. The summed E-state index contributed by atoms with van der Waals surface area (Å²) in [5.41, 5.74) is 2.48. The van der Waals surface area contributed by atoms with Crippen molar-refractivity contribution < 1.29 is 0 Å². The Hall–Kier alpha value is -1.64. The molecule has 0 N–H and O–H groups in total. The second-order valence-electron chi connectivity index (χ2n) is 4.11. The number of hydrogen-bond acceptors (Lipinski definition) is 2. The van der Waals surface area contributed by atoms with Crippen LogP contribution in [0.2, 0.25) is 0 Å². The summed E-state index contributed by atoms with van der Waals surface area (Å²) in [4.78, 5) is 4.44. The SMILES string of the molecule is Cc1ccnn1-c1ccc(C2CC2)cn1. The number of hydrogen-bond donors (Lipinski definition) is 0. The van der Waals surface area contributed by atoms with Crippen molar-refractivity contribution in [3.8, 4) is 5.82 Å². The zero-order valence-electron chi connectivity index (χ0n) is 8.72. The molecule has 0 atom stereocenters. The third-order valence-electron chi connectivity index (χ3n) is 2.87. The predicted octanol–water partition coefficient (Wildman–Crippen LogP) is 2.45. The van der Waals surface area contributed by atoms with Gasteiger partial charge >= 0.3 is 0 Å². The van der Waals surface area contributed by atoms with Gasteiger partial charge in [0.25, 0.3) is 0 Å². The lowest BCUT2D eigenvalue weighted by molar-refractivity contribution is 0.814. The van der Waals surface area contributed by atoms with Crippen molar-refractivity contribution in [2.75, 3.05) is 0 Å². The van der Waals surface area contributed by atoms with Gasteiger partial charge in [-0.15, -0.1) is 0 Å². The van der Waals surface area contributed by atoms with Crippen LogP contribution in [0, 0.1) is 6.92 Å². The molecular weight excluding hydrogens is 186 g/mol. The number of nitrogens with zero attached hydrogens (tertiary/aromatic N) is 3. The van der Waals surface area contributed by atoms with Gasteiger partial charge in [-0.25, -0.2) is 9.67 Å². The molecule has 1 aliphatic carbocycles. The van der Waals surface area contributed by atoms with Crippen LogP contribution in [0.1, 0.15) is 30.0 Å². The summed E-state index contributed by atoms with van der Waals surface area (Å²) in [6.07, 6.45) is 6.42. The molecule has 3 rings (SSSR count). The quantitative estimate of drug-likeness (QED) is 0.743. The highest BCUT2D eigenvalue weighted by atomic mass is 15.3. The van der Waals surface area contributed by atoms with Crippen molar-refractivity contribution in [3.63, 3.8) is 0 Å². The minimum atomic E-state index is 0.769. The molecule has 0 aliphatic heterocycles. The maximum absolute atomic E-state index is 4.44. The van der Waals surface area contributed by atoms with Crippen LogP contribution in [0.25, 0.3) is 5.82 Å². The first-order valence-corrected chi connectivity index (χ1v) is 5.31. The van der Waals surface area contributed by atoms with Crippen molar-refractivity contribution >= 4 is 0 Å². The summed E-state index contributed by atoms with van der Waals surface area (Å²) in [5.74, 6) is 1.67. The lowest BCUT2D eigenvalue weighted by atomic mass is 10.2. The van der Waals surface area contributed by atoms with Gasteiger partial charge in [-0.05, 0) is 43.4 Å². The Morgan fingerprint density at radius 3 is 2.67 bits per heavy atom. The smallest absolute Gasteiger partial charge is 0.153 e. The van der Waals surface area contributed by atoms with Crippen LogP contribution in [0.5, 0.6) is 0 Å². The second-order valence-corrected chi connectivity index (χ2v) is 4.11. The maximum atomic E-state index is 4.44. The van der Waals surface area contributed by atoms with Gasteiger partial charge in [0.2, 0.25) is 0 Å². The van der Waals surface area contributed by atoms with Gasteiger partial charge in [0.05, 0.1) is 0 Å². The van der Waals surface area contributed by atoms with E-state index in [2.05, 4.69) is 16.1 Å². The van der Waals surface area contributed by atoms with E-state index in [9.17, 15) is 0 Å². The number of aryl methyl sites for hydroxylation is 1. The van der Waals surface area contributed by atoms with Crippen molar-refractivity contribution in [2.24, 2.45) is 0 Å². The van der Waals surface area contributed by atoms with Crippen LogP contribution in [-0.4, -0.2) is 14.8 Å². The molecule has 1 fully saturated rings. The fraction of sp³-hybridized carbons (Fsp3) is 0.333. The monoisotopic (exact) mass is 199 g/mol. The van der Waals surface area contributed by atoms with Crippen LogP contribution >= 0.6 is 0 Å². The summed E-state index contributed by atoms with van der Waals surface area (Å²) in [6, 6.07) is 6.20. The molecule has 15 heavy (non-hydrogen) atoms. The molecule has 2 aromatic rings. The van der Waals surface area contributed by atoms with E-state index in [0.29, 0.717) is 0 Å². The van der Waals surface area contributed by atoms with Crippen molar-refractivity contribution in [3.05, 3.63) is 41.9 Å². The molecule has 1 saturated carbocycles. The second kappa shape index (κ2) is 3.19. The summed E-state index contributed by atoms with van der Waals surface area (Å²) in [7, 11) is 0. The lowest BCUT2D eigenvalue weighted by Crippen LogP contribution is -2.01. The van der Waals surface area contributed by atoms with E-state index in [-0.39, 0.29) is 0 Å². The Kier molecular flexibility index (Phi) is 1.84. The molecular formula is C12H13N3. The average Bonchev–Trinajstić information content (AvgIpc) is 3.02. The average molecular weight is 199 g/mol. The van der Waals surface area contributed by atoms with Crippen LogP contribution in [-0.2, 0) is 0 Å². The Balaban J connectivity index is 1.96. The number of aromatic nitrogens is 3. The van der Waals surface area contributed by atoms with Gasteiger partial charge in [0.1, 0.15) is 0 Å². The van der Waals surface area contributed by atoms with Crippen LogP contribution < -0.4 is 0 Å². The molecule has 0 spiro atoms. The summed E-state index contributed by atoms with van der Waals surface area (Å²) in [6.45, 7) is 2.03. The summed E-state index contributed by atoms with van der Waals surface area (Å²) < 4.78 is 1.86. The van der Waals surface area contributed by atoms with E-state index in [0.717, 1.165) is 17.4 Å². The van der Waals surface area contributed by atoms with Gasteiger partial charge in [0, 0.05) is 18.1 Å². The first kappa shape index (κ1) is 8.65. The molecule has 76 valence electrons. The predicted molar refractivity (Wildman–Crippen MR) is 58.1 cm³/mol. The standard InChI is InChI=1S/C12H13N3/c1-9-6-7-14-15(9)12-5-4-11(8-13-12)10-2-3-10/h4-8,10H,2-3H2,1H3. The van der Waals surface area contributed by atoms with Gasteiger partial charge in [-0.1, -0.05) is 6.07 Å². The molecule has 0 radical (unpaired) electrons. The van der Waals surface area contributed by atoms with Crippen molar-refractivity contribution in [1.29, 1.82) is 0 Å². The molecule has 0 saturated heterocycles. The molecule has 0 unspecified atom stereocenters. The zero-order valence-corrected chi connectivity index (χ0v) is 8.72. The third-order valence-corrected chi connectivity index (χ3v) is 2.87. The fourth-order valence-electron chi connectivity index (χ4n) is 1.79.